The zero-order chi connectivity index (χ0) is 24.6. The summed E-state index contributed by atoms with van der Waals surface area (Å²) < 4.78 is 38.7. The average Bonchev–Trinajstić information content (AvgIpc) is 3.21. The topological polar surface area (TPSA) is 129 Å². The number of sulfone groups is 1. The predicted octanol–water partition coefficient (Wildman–Crippen LogP) is 2.58. The van der Waals surface area contributed by atoms with E-state index >= 15 is 0 Å². The highest BCUT2D eigenvalue weighted by Gasteiger charge is 2.22. The van der Waals surface area contributed by atoms with Gasteiger partial charge in [0, 0.05) is 29.6 Å². The van der Waals surface area contributed by atoms with E-state index in [4.69, 9.17) is 5.73 Å². The lowest BCUT2D eigenvalue weighted by Crippen LogP contribution is -2.23. The Hall–Kier alpha value is -3.70. The minimum absolute atomic E-state index is 0.162. The van der Waals surface area contributed by atoms with Gasteiger partial charge in [-0.1, -0.05) is 35.1 Å². The minimum Gasteiger partial charge on any atom is -0.366 e. The second-order valence-corrected chi connectivity index (χ2v) is 10.9. The van der Waals surface area contributed by atoms with E-state index in [0.717, 1.165) is 17.7 Å². The van der Waals surface area contributed by atoms with Gasteiger partial charge in [0.05, 0.1) is 5.56 Å². The van der Waals surface area contributed by atoms with E-state index in [0.29, 0.717) is 27.7 Å². The third-order valence-corrected chi connectivity index (χ3v) is 8.23. The van der Waals surface area contributed by atoms with E-state index in [1.54, 1.807) is 18.2 Å². The van der Waals surface area contributed by atoms with Crippen LogP contribution in [0.15, 0.2) is 63.9 Å². The minimum atomic E-state index is -3.93. The van der Waals surface area contributed by atoms with E-state index < -0.39 is 38.0 Å². The van der Waals surface area contributed by atoms with Crippen LogP contribution in [0.2, 0.25) is 0 Å². The van der Waals surface area contributed by atoms with Gasteiger partial charge in [-0.15, -0.1) is 0 Å². The SMILES string of the molecule is Cc1ccc2c(=O)n(-c3ccc(CC(=O)CS(=O)(=O)c4ccc(F)s4)cn3)cc(C(N)=O)c2c1. The fourth-order valence-electron chi connectivity index (χ4n) is 3.51. The highest BCUT2D eigenvalue weighted by molar-refractivity contribution is 7.94. The van der Waals surface area contributed by atoms with Crippen LogP contribution in [0.1, 0.15) is 21.5 Å². The Bertz CT molecular complexity index is 1610. The molecule has 8 nitrogen and oxygen atoms in total. The van der Waals surface area contributed by atoms with Crippen LogP contribution < -0.4 is 11.3 Å². The molecule has 0 bridgehead atoms. The molecule has 3 aromatic heterocycles. The van der Waals surface area contributed by atoms with Crippen LogP contribution in [0.4, 0.5) is 4.39 Å². The van der Waals surface area contributed by atoms with Crippen LogP contribution in [0, 0.1) is 12.1 Å². The monoisotopic (exact) mass is 499 g/mol. The number of carbonyl (C=O) groups is 2. The molecule has 1 aromatic carbocycles. The third kappa shape index (κ3) is 4.66. The lowest BCUT2D eigenvalue weighted by Gasteiger charge is -2.11. The molecule has 0 fully saturated rings. The number of amides is 1. The van der Waals surface area contributed by atoms with E-state index in [2.05, 4.69) is 4.98 Å². The number of halogens is 1. The fraction of sp³-hybridized carbons (Fsp3) is 0.130. The third-order valence-electron chi connectivity index (χ3n) is 5.10. The molecule has 2 N–H and O–H groups in total. The smallest absolute Gasteiger partial charge is 0.264 e. The number of aromatic nitrogens is 2. The van der Waals surface area contributed by atoms with Crippen LogP contribution in [0.25, 0.3) is 16.6 Å². The van der Waals surface area contributed by atoms with Crippen molar-refractivity contribution in [3.05, 3.63) is 87.0 Å². The van der Waals surface area contributed by atoms with Crippen molar-refractivity contribution in [2.24, 2.45) is 5.73 Å². The van der Waals surface area contributed by atoms with Crippen LogP contribution in [-0.4, -0.2) is 35.4 Å². The number of thiophene rings is 1. The van der Waals surface area contributed by atoms with Crippen molar-refractivity contribution in [1.82, 2.24) is 9.55 Å². The van der Waals surface area contributed by atoms with Crippen molar-refractivity contribution < 1.29 is 22.4 Å². The maximum Gasteiger partial charge on any atom is 0.264 e. The number of carbonyl (C=O) groups excluding carboxylic acids is 2. The lowest BCUT2D eigenvalue weighted by molar-refractivity contribution is -0.116. The van der Waals surface area contributed by atoms with Gasteiger partial charge in [-0.3, -0.25) is 19.0 Å². The molecule has 0 saturated carbocycles. The summed E-state index contributed by atoms with van der Waals surface area (Å²) in [5.41, 5.74) is 6.58. The summed E-state index contributed by atoms with van der Waals surface area (Å²) in [7, 11) is -3.93. The molecule has 0 aliphatic carbocycles. The van der Waals surface area contributed by atoms with Gasteiger partial charge in [-0.05, 0) is 36.8 Å². The van der Waals surface area contributed by atoms with E-state index in [1.807, 2.05) is 6.92 Å². The van der Waals surface area contributed by atoms with Crippen LogP contribution in [0.5, 0.6) is 0 Å². The first-order chi connectivity index (χ1) is 16.0. The van der Waals surface area contributed by atoms with Crippen molar-refractivity contribution in [1.29, 1.82) is 0 Å². The zero-order valence-corrected chi connectivity index (χ0v) is 19.5. The number of ketones is 1. The van der Waals surface area contributed by atoms with Gasteiger partial charge in [0.25, 0.3) is 11.5 Å². The Morgan fingerprint density at radius 2 is 1.88 bits per heavy atom. The number of pyridine rings is 2. The number of nitrogens with two attached hydrogens (primary N) is 1. The number of Topliss-reactive ketones (excluding diaryl/α,β-unsaturated/α-hetero) is 1. The molecule has 3 heterocycles. The average molecular weight is 500 g/mol. The first-order valence-electron chi connectivity index (χ1n) is 9.96. The largest absolute Gasteiger partial charge is 0.366 e. The lowest BCUT2D eigenvalue weighted by atomic mass is 10.0. The molecule has 0 saturated heterocycles. The van der Waals surface area contributed by atoms with Gasteiger partial charge >= 0.3 is 0 Å². The Morgan fingerprint density at radius 1 is 1.12 bits per heavy atom. The molecule has 174 valence electrons. The second-order valence-electron chi connectivity index (χ2n) is 7.69. The fourth-order valence-corrected chi connectivity index (χ4v) is 5.84. The molecule has 0 aliphatic rings. The van der Waals surface area contributed by atoms with Gasteiger partial charge in [-0.25, -0.2) is 13.4 Å². The number of benzene rings is 1. The molecule has 0 atom stereocenters. The zero-order valence-electron chi connectivity index (χ0n) is 17.8. The van der Waals surface area contributed by atoms with Gasteiger partial charge in [0.2, 0.25) is 0 Å². The van der Waals surface area contributed by atoms with Gasteiger partial charge in [0.1, 0.15) is 15.8 Å². The van der Waals surface area contributed by atoms with Crippen molar-refractivity contribution in [2.75, 3.05) is 5.75 Å². The van der Waals surface area contributed by atoms with E-state index in [1.165, 1.54) is 29.1 Å². The van der Waals surface area contributed by atoms with Crippen LogP contribution >= 0.6 is 11.3 Å². The Balaban J connectivity index is 1.60. The van der Waals surface area contributed by atoms with E-state index in [-0.39, 0.29) is 22.0 Å². The molecular weight excluding hydrogens is 481 g/mol. The maximum atomic E-state index is 13.1. The van der Waals surface area contributed by atoms with Crippen molar-refractivity contribution in [3.63, 3.8) is 0 Å². The first kappa shape index (κ1) is 23.5. The summed E-state index contributed by atoms with van der Waals surface area (Å²) in [5.74, 6) is -1.84. The Labute approximate surface area is 197 Å². The first-order valence-corrected chi connectivity index (χ1v) is 12.4. The number of hydrogen-bond donors (Lipinski definition) is 1. The van der Waals surface area contributed by atoms with Crippen LogP contribution in [0.3, 0.4) is 0 Å². The molecule has 0 radical (unpaired) electrons. The van der Waals surface area contributed by atoms with Gasteiger partial charge in [-0.2, -0.15) is 4.39 Å². The number of rotatable bonds is 7. The summed E-state index contributed by atoms with van der Waals surface area (Å²) in [5, 5.41) is 0.102. The molecule has 4 aromatic rings. The van der Waals surface area contributed by atoms with Crippen molar-refractivity contribution in [2.45, 2.75) is 17.6 Å². The number of fused-ring (bicyclic) bond motifs is 1. The highest BCUT2D eigenvalue weighted by Crippen LogP contribution is 2.22. The normalized spacial score (nSPS) is 11.6. The molecule has 4 rings (SSSR count). The molecule has 11 heteroatoms. The molecule has 0 unspecified atom stereocenters. The summed E-state index contributed by atoms with van der Waals surface area (Å²) in [6.45, 7) is 1.83. The summed E-state index contributed by atoms with van der Waals surface area (Å²) in [4.78, 5) is 41.5. The second kappa shape index (κ2) is 8.92. The van der Waals surface area contributed by atoms with Gasteiger partial charge in [0.15, 0.2) is 20.8 Å². The quantitative estimate of drug-likeness (QED) is 0.416. The Kier molecular flexibility index (Phi) is 6.15. The van der Waals surface area contributed by atoms with Crippen LogP contribution in [-0.2, 0) is 21.1 Å². The molecular formula is C23H18FN3O5S2. The molecule has 1 amide bonds. The number of nitrogens with zero attached hydrogens (tertiary/aromatic N) is 2. The molecule has 0 aliphatic heterocycles. The predicted molar refractivity (Wildman–Crippen MR) is 126 cm³/mol. The highest BCUT2D eigenvalue weighted by atomic mass is 32.2. The number of primary amides is 1. The molecule has 0 spiro atoms. The van der Waals surface area contributed by atoms with E-state index in [9.17, 15) is 27.2 Å². The van der Waals surface area contributed by atoms with Crippen molar-refractivity contribution >= 4 is 43.6 Å². The molecule has 34 heavy (non-hydrogen) atoms. The summed E-state index contributed by atoms with van der Waals surface area (Å²) >= 11 is 0.464. The number of hydrogen-bond acceptors (Lipinski definition) is 7. The number of aryl methyl sites for hydroxylation is 1. The Morgan fingerprint density at radius 3 is 2.50 bits per heavy atom. The maximum absolute atomic E-state index is 13.1. The van der Waals surface area contributed by atoms with Gasteiger partial charge < -0.3 is 5.73 Å². The standard InChI is InChI=1S/C23H18FN3O5S2/c1-13-2-4-16-17(8-13)18(22(25)29)11-27(23(16)30)20-6-3-14(10-26-20)9-15(28)12-34(31,32)21-7-5-19(24)33-21/h2-8,10-11H,9,12H2,1H3,(H2,25,29). The summed E-state index contributed by atoms with van der Waals surface area (Å²) in [6.07, 6.45) is 2.46. The summed E-state index contributed by atoms with van der Waals surface area (Å²) in [6, 6.07) is 10.3. The van der Waals surface area contributed by atoms with Crippen molar-refractivity contribution in [3.8, 4) is 5.82 Å².